The molecule has 0 aliphatic carbocycles. The van der Waals surface area contributed by atoms with E-state index in [4.69, 9.17) is 11.6 Å². The average Bonchev–Trinajstić information content (AvgIpc) is 2.75. The lowest BCUT2D eigenvalue weighted by atomic mass is 10.1. The first-order chi connectivity index (χ1) is 8.25. The molecule has 0 saturated carbocycles. The quantitative estimate of drug-likeness (QED) is 0.609. The van der Waals surface area contributed by atoms with Crippen molar-refractivity contribution in [3.05, 3.63) is 47.4 Å². The molecule has 0 amide bonds. The second-order valence-corrected chi connectivity index (χ2v) is 5.21. The summed E-state index contributed by atoms with van der Waals surface area (Å²) in [6.07, 6.45) is 1.50. The van der Waals surface area contributed by atoms with Gasteiger partial charge in [-0.1, -0.05) is 35.9 Å². The number of rotatable bonds is 1. The van der Waals surface area contributed by atoms with Gasteiger partial charge in [-0.2, -0.15) is 0 Å². The van der Waals surface area contributed by atoms with Crippen LogP contribution in [0.1, 0.15) is 5.56 Å². The summed E-state index contributed by atoms with van der Waals surface area (Å²) in [5.74, 6) is 0. The fraction of sp³-hybridized carbons (Fsp3) is 0.0769. The second kappa shape index (κ2) is 4.09. The van der Waals surface area contributed by atoms with E-state index in [0.29, 0.717) is 5.15 Å². The summed E-state index contributed by atoms with van der Waals surface area (Å²) in [6, 6.07) is 10.4. The molecule has 17 heavy (non-hydrogen) atoms. The molecule has 3 rings (SSSR count). The van der Waals surface area contributed by atoms with Crippen molar-refractivity contribution >= 4 is 33.2 Å². The van der Waals surface area contributed by atoms with Gasteiger partial charge >= 0.3 is 0 Å². The Morgan fingerprint density at radius 2 is 2.00 bits per heavy atom. The van der Waals surface area contributed by atoms with Crippen LogP contribution in [0.25, 0.3) is 20.7 Å². The van der Waals surface area contributed by atoms with E-state index in [2.05, 4.69) is 35.1 Å². The minimum Gasteiger partial charge on any atom is -0.235 e. The highest BCUT2D eigenvalue weighted by molar-refractivity contribution is 7.22. The lowest BCUT2D eigenvalue weighted by molar-refractivity contribution is 1.23. The maximum absolute atomic E-state index is 6.06. The van der Waals surface area contributed by atoms with Crippen LogP contribution in [0.2, 0.25) is 5.15 Å². The van der Waals surface area contributed by atoms with Crippen molar-refractivity contribution in [3.63, 3.8) is 0 Å². The third-order valence-corrected chi connectivity index (χ3v) is 4.24. The van der Waals surface area contributed by atoms with Crippen LogP contribution in [0.4, 0.5) is 0 Å². The van der Waals surface area contributed by atoms with Crippen molar-refractivity contribution in [3.8, 4) is 10.4 Å². The number of nitrogens with zero attached hydrogens (tertiary/aromatic N) is 2. The van der Waals surface area contributed by atoms with Crippen molar-refractivity contribution in [2.24, 2.45) is 0 Å². The molecule has 2 nitrogen and oxygen atoms in total. The lowest BCUT2D eigenvalue weighted by Gasteiger charge is -2.00. The molecular weight excluding hydrogens is 252 g/mol. The van der Waals surface area contributed by atoms with E-state index in [1.807, 2.05) is 12.1 Å². The van der Waals surface area contributed by atoms with Crippen LogP contribution in [0.5, 0.6) is 0 Å². The highest BCUT2D eigenvalue weighted by atomic mass is 35.5. The van der Waals surface area contributed by atoms with Gasteiger partial charge in [-0.3, -0.25) is 0 Å². The summed E-state index contributed by atoms with van der Waals surface area (Å²) in [4.78, 5) is 9.42. The van der Waals surface area contributed by atoms with E-state index in [1.165, 1.54) is 22.3 Å². The lowest BCUT2D eigenvalue weighted by Crippen LogP contribution is -1.77. The largest absolute Gasteiger partial charge is 0.235 e. The molecule has 0 spiro atoms. The van der Waals surface area contributed by atoms with E-state index >= 15 is 0 Å². The topological polar surface area (TPSA) is 25.8 Å². The molecule has 0 saturated heterocycles. The predicted octanol–water partition coefficient (Wildman–Crippen LogP) is 4.32. The summed E-state index contributed by atoms with van der Waals surface area (Å²) in [7, 11) is 0. The van der Waals surface area contributed by atoms with Gasteiger partial charge in [0.25, 0.3) is 0 Å². The Bertz CT molecular complexity index is 691. The summed E-state index contributed by atoms with van der Waals surface area (Å²) in [5, 5.41) is 0.528. The average molecular weight is 261 g/mol. The van der Waals surface area contributed by atoms with Gasteiger partial charge in [0, 0.05) is 4.88 Å². The number of aromatic nitrogens is 2. The predicted molar refractivity (Wildman–Crippen MR) is 72.6 cm³/mol. The zero-order chi connectivity index (χ0) is 11.8. The molecule has 0 radical (unpaired) electrons. The molecule has 0 N–H and O–H groups in total. The second-order valence-electron chi connectivity index (χ2n) is 3.80. The van der Waals surface area contributed by atoms with Crippen molar-refractivity contribution in [2.45, 2.75) is 6.92 Å². The van der Waals surface area contributed by atoms with Crippen molar-refractivity contribution in [1.82, 2.24) is 9.97 Å². The molecule has 0 aliphatic heterocycles. The van der Waals surface area contributed by atoms with Crippen LogP contribution in [-0.4, -0.2) is 9.97 Å². The third kappa shape index (κ3) is 1.81. The molecule has 0 aliphatic rings. The Labute approximate surface area is 108 Å². The SMILES string of the molecule is Cc1ccccc1-c1cc2ncnc(Cl)c2s1. The molecule has 0 atom stereocenters. The molecule has 84 valence electrons. The molecule has 0 bridgehead atoms. The third-order valence-electron chi connectivity index (χ3n) is 2.68. The standard InChI is InChI=1S/C13H9ClN2S/c1-8-4-2-3-5-9(8)11-6-10-12(17-11)13(14)16-7-15-10/h2-7H,1H3. The normalized spacial score (nSPS) is 10.9. The van der Waals surface area contributed by atoms with E-state index in [-0.39, 0.29) is 0 Å². The van der Waals surface area contributed by atoms with Gasteiger partial charge in [-0.05, 0) is 24.1 Å². The van der Waals surface area contributed by atoms with Crippen LogP contribution >= 0.6 is 22.9 Å². The molecule has 4 heteroatoms. The zero-order valence-electron chi connectivity index (χ0n) is 9.14. The van der Waals surface area contributed by atoms with E-state index in [1.54, 1.807) is 11.3 Å². The first-order valence-corrected chi connectivity index (χ1v) is 6.41. The number of benzene rings is 1. The van der Waals surface area contributed by atoms with E-state index < -0.39 is 0 Å². The number of hydrogen-bond acceptors (Lipinski definition) is 3. The Hall–Kier alpha value is -1.45. The van der Waals surface area contributed by atoms with Gasteiger partial charge in [-0.15, -0.1) is 11.3 Å². The van der Waals surface area contributed by atoms with Gasteiger partial charge in [0.1, 0.15) is 11.5 Å². The minimum atomic E-state index is 0.528. The number of hydrogen-bond donors (Lipinski definition) is 0. The van der Waals surface area contributed by atoms with Gasteiger partial charge in [0.15, 0.2) is 0 Å². The van der Waals surface area contributed by atoms with Crippen molar-refractivity contribution in [2.75, 3.05) is 0 Å². The molecule has 3 aromatic rings. The number of fused-ring (bicyclic) bond motifs is 1. The van der Waals surface area contributed by atoms with Crippen LogP contribution in [-0.2, 0) is 0 Å². The highest BCUT2D eigenvalue weighted by Crippen LogP contribution is 2.36. The Balaban J connectivity index is 2.26. The van der Waals surface area contributed by atoms with Crippen molar-refractivity contribution < 1.29 is 0 Å². The van der Waals surface area contributed by atoms with Gasteiger partial charge in [0.05, 0.1) is 10.2 Å². The van der Waals surface area contributed by atoms with Crippen LogP contribution in [0, 0.1) is 6.92 Å². The maximum atomic E-state index is 6.06. The van der Waals surface area contributed by atoms with Crippen molar-refractivity contribution in [1.29, 1.82) is 0 Å². The summed E-state index contributed by atoms with van der Waals surface area (Å²) in [6.45, 7) is 2.10. The maximum Gasteiger partial charge on any atom is 0.150 e. The highest BCUT2D eigenvalue weighted by Gasteiger charge is 2.09. The van der Waals surface area contributed by atoms with Crippen LogP contribution in [0.15, 0.2) is 36.7 Å². The fourth-order valence-corrected chi connectivity index (χ4v) is 3.15. The smallest absolute Gasteiger partial charge is 0.150 e. The Morgan fingerprint density at radius 3 is 2.76 bits per heavy atom. The monoisotopic (exact) mass is 260 g/mol. The molecule has 2 heterocycles. The molecule has 2 aromatic heterocycles. The number of halogens is 1. The summed E-state index contributed by atoms with van der Waals surface area (Å²) >= 11 is 7.69. The summed E-state index contributed by atoms with van der Waals surface area (Å²) < 4.78 is 0.951. The van der Waals surface area contributed by atoms with Crippen LogP contribution in [0.3, 0.4) is 0 Å². The Morgan fingerprint density at radius 1 is 1.18 bits per heavy atom. The Kier molecular flexibility index (Phi) is 2.57. The first-order valence-electron chi connectivity index (χ1n) is 5.22. The fourth-order valence-electron chi connectivity index (χ4n) is 1.81. The summed E-state index contributed by atoms with van der Waals surface area (Å²) in [5.41, 5.74) is 3.39. The zero-order valence-corrected chi connectivity index (χ0v) is 10.7. The molecule has 0 unspecified atom stereocenters. The van der Waals surface area contributed by atoms with Crippen LogP contribution < -0.4 is 0 Å². The molecule has 1 aromatic carbocycles. The number of thiophene rings is 1. The minimum absolute atomic E-state index is 0.528. The molecule has 0 fully saturated rings. The molecular formula is C13H9ClN2S. The van der Waals surface area contributed by atoms with Gasteiger partial charge in [-0.25, -0.2) is 9.97 Å². The van der Waals surface area contributed by atoms with E-state index in [0.717, 1.165) is 10.2 Å². The first kappa shape index (κ1) is 10.7. The number of aryl methyl sites for hydroxylation is 1. The van der Waals surface area contributed by atoms with Gasteiger partial charge in [0.2, 0.25) is 0 Å². The van der Waals surface area contributed by atoms with Gasteiger partial charge < -0.3 is 0 Å². The van der Waals surface area contributed by atoms with E-state index in [9.17, 15) is 0 Å².